The van der Waals surface area contributed by atoms with Gasteiger partial charge >= 0.3 is 0 Å². The smallest absolute Gasteiger partial charge is 0.195 e. The molecule has 116 valence electrons. The molecule has 1 aliphatic rings. The van der Waals surface area contributed by atoms with E-state index < -0.39 is 0 Å². The number of hydrogen-bond donors (Lipinski definition) is 1. The Morgan fingerprint density at radius 3 is 2.57 bits per heavy atom. The molecular formula is C15H24N4OS. The molecule has 0 bridgehead atoms. The van der Waals surface area contributed by atoms with Crippen LogP contribution in [0.4, 0.5) is 5.82 Å². The highest BCUT2D eigenvalue weighted by molar-refractivity contribution is 7.15. The number of anilines is 1. The van der Waals surface area contributed by atoms with Gasteiger partial charge in [0.2, 0.25) is 0 Å². The third-order valence-corrected chi connectivity index (χ3v) is 4.47. The average Bonchev–Trinajstić information content (AvgIpc) is 2.87. The summed E-state index contributed by atoms with van der Waals surface area (Å²) < 4.78 is 8.34. The van der Waals surface area contributed by atoms with Crippen molar-refractivity contribution in [3.05, 3.63) is 17.3 Å². The Balaban J connectivity index is 2.02. The summed E-state index contributed by atoms with van der Waals surface area (Å²) >= 11 is 1.67. The molecule has 2 aromatic heterocycles. The molecule has 0 aromatic carbocycles. The van der Waals surface area contributed by atoms with Gasteiger partial charge in [-0.2, -0.15) is 0 Å². The van der Waals surface area contributed by atoms with Crippen molar-refractivity contribution in [3.8, 4) is 0 Å². The zero-order valence-corrected chi connectivity index (χ0v) is 14.0. The van der Waals surface area contributed by atoms with Gasteiger partial charge in [-0.25, -0.2) is 4.98 Å². The zero-order chi connectivity index (χ0) is 15.3. The molecular weight excluding hydrogens is 284 g/mol. The van der Waals surface area contributed by atoms with Gasteiger partial charge < -0.3 is 15.4 Å². The van der Waals surface area contributed by atoms with E-state index in [0.29, 0.717) is 6.54 Å². The predicted octanol–water partition coefficient (Wildman–Crippen LogP) is 2.29. The van der Waals surface area contributed by atoms with Crippen molar-refractivity contribution in [1.82, 2.24) is 9.38 Å². The quantitative estimate of drug-likeness (QED) is 0.945. The third-order valence-electron chi connectivity index (χ3n) is 3.72. The van der Waals surface area contributed by atoms with E-state index in [4.69, 9.17) is 15.5 Å². The number of nitrogens with two attached hydrogens (primary N) is 1. The average molecular weight is 308 g/mol. The topological polar surface area (TPSA) is 55.8 Å². The van der Waals surface area contributed by atoms with Crippen LogP contribution in [-0.4, -0.2) is 40.2 Å². The van der Waals surface area contributed by atoms with Gasteiger partial charge in [0.15, 0.2) is 10.8 Å². The molecule has 0 atom stereocenters. The lowest BCUT2D eigenvalue weighted by atomic mass is 9.99. The van der Waals surface area contributed by atoms with E-state index in [1.165, 1.54) is 5.69 Å². The summed E-state index contributed by atoms with van der Waals surface area (Å²) in [5.74, 6) is 1.07. The fourth-order valence-electron chi connectivity index (χ4n) is 3.38. The van der Waals surface area contributed by atoms with E-state index in [0.717, 1.165) is 30.3 Å². The Kier molecular flexibility index (Phi) is 3.50. The van der Waals surface area contributed by atoms with Gasteiger partial charge in [0.25, 0.3) is 0 Å². The van der Waals surface area contributed by atoms with Crippen molar-refractivity contribution in [2.24, 2.45) is 5.73 Å². The summed E-state index contributed by atoms with van der Waals surface area (Å²) in [5.41, 5.74) is 6.65. The molecule has 1 fully saturated rings. The normalized spacial score (nSPS) is 21.1. The molecule has 0 aliphatic carbocycles. The van der Waals surface area contributed by atoms with Gasteiger partial charge in [0.1, 0.15) is 0 Å². The van der Waals surface area contributed by atoms with Crippen LogP contribution in [0.2, 0.25) is 0 Å². The minimum Gasteiger partial charge on any atom is -0.366 e. The van der Waals surface area contributed by atoms with E-state index in [1.807, 2.05) is 0 Å². The second kappa shape index (κ2) is 4.97. The summed E-state index contributed by atoms with van der Waals surface area (Å²) in [4.78, 5) is 8.24. The molecule has 0 spiro atoms. The number of fused-ring (bicyclic) bond motifs is 1. The number of rotatable bonds is 3. The molecule has 1 saturated heterocycles. The molecule has 21 heavy (non-hydrogen) atoms. The highest BCUT2D eigenvalue weighted by Crippen LogP contribution is 2.33. The minimum absolute atomic E-state index is 0.182. The SMILES string of the molecule is CC1(C)CN(c2nc3sccn3c2CCN)CC(C)(C)O1. The monoisotopic (exact) mass is 308 g/mol. The van der Waals surface area contributed by atoms with E-state index in [9.17, 15) is 0 Å². The van der Waals surface area contributed by atoms with Crippen molar-refractivity contribution in [1.29, 1.82) is 0 Å². The fourth-order valence-corrected chi connectivity index (χ4v) is 4.11. The second-order valence-corrected chi connectivity index (χ2v) is 7.83. The summed E-state index contributed by atoms with van der Waals surface area (Å²) in [7, 11) is 0. The lowest BCUT2D eigenvalue weighted by Crippen LogP contribution is -2.57. The van der Waals surface area contributed by atoms with Crippen LogP contribution in [-0.2, 0) is 11.2 Å². The fraction of sp³-hybridized carbons (Fsp3) is 0.667. The van der Waals surface area contributed by atoms with Crippen LogP contribution in [0.1, 0.15) is 33.4 Å². The molecule has 6 heteroatoms. The molecule has 1 aliphatic heterocycles. The van der Waals surface area contributed by atoms with E-state index in [1.54, 1.807) is 11.3 Å². The number of morpholine rings is 1. The molecule has 0 saturated carbocycles. The van der Waals surface area contributed by atoms with Crippen molar-refractivity contribution in [2.45, 2.75) is 45.3 Å². The summed E-state index contributed by atoms with van der Waals surface area (Å²) in [6, 6.07) is 0. The molecule has 3 heterocycles. The van der Waals surface area contributed by atoms with Gasteiger partial charge in [-0.15, -0.1) is 11.3 Å². The number of thiazole rings is 1. The number of hydrogen-bond acceptors (Lipinski definition) is 5. The van der Waals surface area contributed by atoms with Crippen LogP contribution < -0.4 is 10.6 Å². The second-order valence-electron chi connectivity index (χ2n) is 6.95. The molecule has 0 radical (unpaired) electrons. The van der Waals surface area contributed by atoms with Crippen LogP contribution >= 0.6 is 11.3 Å². The van der Waals surface area contributed by atoms with Crippen LogP contribution in [0.5, 0.6) is 0 Å². The lowest BCUT2D eigenvalue weighted by Gasteiger charge is -2.47. The first-order chi connectivity index (χ1) is 9.81. The zero-order valence-electron chi connectivity index (χ0n) is 13.2. The van der Waals surface area contributed by atoms with Gasteiger partial charge in [-0.3, -0.25) is 4.40 Å². The number of nitrogens with zero attached hydrogens (tertiary/aromatic N) is 3. The number of imidazole rings is 1. The maximum absolute atomic E-state index is 6.17. The minimum atomic E-state index is -0.182. The molecule has 0 amide bonds. The molecule has 0 unspecified atom stereocenters. The van der Waals surface area contributed by atoms with Crippen molar-refractivity contribution in [2.75, 3.05) is 24.5 Å². The first-order valence-electron chi connectivity index (χ1n) is 7.41. The first-order valence-corrected chi connectivity index (χ1v) is 8.29. The van der Waals surface area contributed by atoms with Crippen LogP contribution in [0.3, 0.4) is 0 Å². The number of ether oxygens (including phenoxy) is 1. The highest BCUT2D eigenvalue weighted by atomic mass is 32.1. The van der Waals surface area contributed by atoms with Crippen LogP contribution in [0.15, 0.2) is 11.6 Å². The Labute approximate surface area is 129 Å². The van der Waals surface area contributed by atoms with Crippen molar-refractivity contribution in [3.63, 3.8) is 0 Å². The van der Waals surface area contributed by atoms with E-state index in [2.05, 4.69) is 48.6 Å². The van der Waals surface area contributed by atoms with Crippen LogP contribution in [0.25, 0.3) is 4.96 Å². The van der Waals surface area contributed by atoms with Gasteiger partial charge in [-0.05, 0) is 34.2 Å². The van der Waals surface area contributed by atoms with Crippen LogP contribution in [0, 0.1) is 0 Å². The Morgan fingerprint density at radius 2 is 1.95 bits per heavy atom. The van der Waals surface area contributed by atoms with Crippen molar-refractivity contribution < 1.29 is 4.74 Å². The predicted molar refractivity (Wildman–Crippen MR) is 87.3 cm³/mol. The standard InChI is InChI=1S/C15H24N4OS/c1-14(2)9-18(10-15(3,4)20-14)12-11(5-6-16)19-7-8-21-13(19)17-12/h7-8H,5-6,9-10,16H2,1-4H3. The van der Waals surface area contributed by atoms with E-state index in [-0.39, 0.29) is 11.2 Å². The molecule has 3 rings (SSSR count). The maximum atomic E-state index is 6.17. The largest absolute Gasteiger partial charge is 0.366 e. The Hall–Kier alpha value is -1.11. The molecule has 2 N–H and O–H groups in total. The van der Waals surface area contributed by atoms with E-state index >= 15 is 0 Å². The Morgan fingerprint density at radius 1 is 1.29 bits per heavy atom. The lowest BCUT2D eigenvalue weighted by molar-refractivity contribution is -0.133. The van der Waals surface area contributed by atoms with Gasteiger partial charge in [0.05, 0.1) is 16.9 Å². The summed E-state index contributed by atoms with van der Waals surface area (Å²) in [6.45, 7) is 10.9. The summed E-state index contributed by atoms with van der Waals surface area (Å²) in [6.07, 6.45) is 2.92. The molecule has 5 nitrogen and oxygen atoms in total. The molecule has 2 aromatic rings. The van der Waals surface area contributed by atoms with Gasteiger partial charge in [0, 0.05) is 31.1 Å². The highest BCUT2D eigenvalue weighted by Gasteiger charge is 2.39. The summed E-state index contributed by atoms with van der Waals surface area (Å²) in [5, 5.41) is 2.07. The van der Waals surface area contributed by atoms with Gasteiger partial charge in [-0.1, -0.05) is 0 Å². The van der Waals surface area contributed by atoms with Crippen molar-refractivity contribution >= 4 is 22.1 Å². The number of aromatic nitrogens is 2. The third kappa shape index (κ3) is 2.80. The Bertz CT molecular complexity index is 627. The maximum Gasteiger partial charge on any atom is 0.195 e. The first kappa shape index (κ1) is 14.8.